The number of pyridine rings is 1. The average molecular weight is 247 g/mol. The number of rotatable bonds is 0. The molecule has 0 spiro atoms. The van der Waals surface area contributed by atoms with Gasteiger partial charge in [-0.05, 0) is 36.8 Å². The molecule has 0 amide bonds. The van der Waals surface area contributed by atoms with E-state index in [2.05, 4.69) is 4.98 Å². The summed E-state index contributed by atoms with van der Waals surface area (Å²) in [6, 6.07) is 7.58. The highest BCUT2D eigenvalue weighted by Gasteiger charge is 2.25. The zero-order valence-corrected chi connectivity index (χ0v) is 10.0. The van der Waals surface area contributed by atoms with Crippen molar-refractivity contribution in [3.63, 3.8) is 0 Å². The van der Waals surface area contributed by atoms with E-state index < -0.39 is 0 Å². The lowest BCUT2D eigenvalue weighted by Gasteiger charge is -2.27. The summed E-state index contributed by atoms with van der Waals surface area (Å²) in [5.41, 5.74) is 8.93. The van der Waals surface area contributed by atoms with Crippen molar-refractivity contribution in [1.29, 1.82) is 0 Å². The Balaban J connectivity index is 2.30. The van der Waals surface area contributed by atoms with Crippen LogP contribution in [0.5, 0.6) is 5.75 Å². The summed E-state index contributed by atoms with van der Waals surface area (Å²) in [5, 5.41) is 0.668. The average Bonchev–Trinajstić information content (AvgIpc) is 2.28. The molecule has 4 heteroatoms. The third kappa shape index (κ3) is 1.54. The van der Waals surface area contributed by atoms with E-state index >= 15 is 0 Å². The molecular formula is C13H11ClN2O. The Morgan fingerprint density at radius 2 is 2.12 bits per heavy atom. The Labute approximate surface area is 104 Å². The van der Waals surface area contributed by atoms with Gasteiger partial charge < -0.3 is 10.5 Å². The van der Waals surface area contributed by atoms with Crippen LogP contribution in [-0.4, -0.2) is 4.98 Å². The summed E-state index contributed by atoms with van der Waals surface area (Å²) in [5.74, 6) is 1.32. The minimum absolute atomic E-state index is 0.107. The van der Waals surface area contributed by atoms with Crippen molar-refractivity contribution < 1.29 is 4.74 Å². The number of nitrogens with zero attached hydrogens (tertiary/aromatic N) is 1. The van der Waals surface area contributed by atoms with Crippen molar-refractivity contribution in [1.82, 2.24) is 4.98 Å². The van der Waals surface area contributed by atoms with Gasteiger partial charge in [0, 0.05) is 22.3 Å². The second-order valence-electron chi connectivity index (χ2n) is 4.06. The van der Waals surface area contributed by atoms with Gasteiger partial charge in [0.05, 0.1) is 0 Å². The third-order valence-electron chi connectivity index (χ3n) is 2.97. The molecule has 1 unspecified atom stereocenters. The highest BCUT2D eigenvalue weighted by atomic mass is 35.5. The fourth-order valence-electron chi connectivity index (χ4n) is 2.22. The van der Waals surface area contributed by atoms with Crippen LogP contribution in [0.15, 0.2) is 30.5 Å². The van der Waals surface area contributed by atoms with Crippen molar-refractivity contribution in [2.45, 2.75) is 13.0 Å². The van der Waals surface area contributed by atoms with Gasteiger partial charge in [0.2, 0.25) is 0 Å². The van der Waals surface area contributed by atoms with E-state index in [-0.39, 0.29) is 6.10 Å². The molecule has 17 heavy (non-hydrogen) atoms. The summed E-state index contributed by atoms with van der Waals surface area (Å²) in [4.78, 5) is 4.11. The van der Waals surface area contributed by atoms with Crippen LogP contribution in [0.25, 0.3) is 11.1 Å². The first-order chi connectivity index (χ1) is 8.16. The fourth-order valence-corrected chi connectivity index (χ4v) is 2.38. The molecule has 2 heterocycles. The van der Waals surface area contributed by atoms with Gasteiger partial charge in [-0.25, -0.2) is 4.98 Å². The minimum atomic E-state index is -0.107. The Morgan fingerprint density at radius 3 is 2.94 bits per heavy atom. The summed E-state index contributed by atoms with van der Waals surface area (Å²) < 4.78 is 5.82. The third-order valence-corrected chi connectivity index (χ3v) is 3.20. The van der Waals surface area contributed by atoms with Crippen LogP contribution >= 0.6 is 11.6 Å². The number of anilines is 1. The van der Waals surface area contributed by atoms with Crippen molar-refractivity contribution in [3.05, 3.63) is 41.0 Å². The zero-order chi connectivity index (χ0) is 12.0. The molecule has 0 fully saturated rings. The number of benzene rings is 1. The lowest BCUT2D eigenvalue weighted by Crippen LogP contribution is -2.14. The maximum Gasteiger partial charge on any atom is 0.130 e. The maximum absolute atomic E-state index is 5.97. The van der Waals surface area contributed by atoms with Gasteiger partial charge in [0.1, 0.15) is 17.7 Å². The molecule has 1 atom stereocenters. The van der Waals surface area contributed by atoms with Gasteiger partial charge in [-0.3, -0.25) is 0 Å². The maximum atomic E-state index is 5.97. The van der Waals surface area contributed by atoms with Crippen LogP contribution in [0.4, 0.5) is 5.82 Å². The molecule has 0 bridgehead atoms. The topological polar surface area (TPSA) is 48.1 Å². The van der Waals surface area contributed by atoms with E-state index in [4.69, 9.17) is 22.1 Å². The highest BCUT2D eigenvalue weighted by Crippen LogP contribution is 2.44. The zero-order valence-electron chi connectivity index (χ0n) is 9.27. The lowest BCUT2D eigenvalue weighted by atomic mass is 9.94. The molecule has 1 aromatic heterocycles. The normalized spacial score (nSPS) is 16.9. The molecule has 1 aliphatic rings. The van der Waals surface area contributed by atoms with E-state index in [0.29, 0.717) is 10.8 Å². The van der Waals surface area contributed by atoms with Crippen molar-refractivity contribution in [2.24, 2.45) is 0 Å². The van der Waals surface area contributed by atoms with Crippen molar-refractivity contribution in [3.8, 4) is 16.9 Å². The number of ether oxygens (including phenoxy) is 1. The minimum Gasteiger partial charge on any atom is -0.485 e. The number of fused-ring (bicyclic) bond motifs is 3. The fraction of sp³-hybridized carbons (Fsp3) is 0.154. The molecule has 86 valence electrons. The first-order valence-corrected chi connectivity index (χ1v) is 5.75. The van der Waals surface area contributed by atoms with Gasteiger partial charge in [-0.1, -0.05) is 11.6 Å². The lowest BCUT2D eigenvalue weighted by molar-refractivity contribution is 0.224. The van der Waals surface area contributed by atoms with Gasteiger partial charge in [0.25, 0.3) is 0 Å². The number of hydrogen-bond donors (Lipinski definition) is 1. The summed E-state index contributed by atoms with van der Waals surface area (Å²) in [6.07, 6.45) is 1.61. The van der Waals surface area contributed by atoms with Crippen molar-refractivity contribution >= 4 is 17.4 Å². The second kappa shape index (κ2) is 3.64. The molecule has 0 saturated carbocycles. The van der Waals surface area contributed by atoms with E-state index in [1.165, 1.54) is 0 Å². The first kappa shape index (κ1) is 10.4. The van der Waals surface area contributed by atoms with Crippen molar-refractivity contribution in [2.75, 3.05) is 5.73 Å². The molecule has 0 saturated heterocycles. The SMILES string of the molecule is CC1Oc2cc(Cl)ccc2-c2ccnc(N)c21. The predicted octanol–water partition coefficient (Wildman–Crippen LogP) is 3.44. The molecule has 2 N–H and O–H groups in total. The van der Waals surface area contributed by atoms with Crippen LogP contribution in [0.3, 0.4) is 0 Å². The van der Waals surface area contributed by atoms with Crippen LogP contribution in [-0.2, 0) is 0 Å². The van der Waals surface area contributed by atoms with Gasteiger partial charge >= 0.3 is 0 Å². The Morgan fingerprint density at radius 1 is 1.29 bits per heavy atom. The van der Waals surface area contributed by atoms with Gasteiger partial charge in [-0.15, -0.1) is 0 Å². The molecule has 2 aromatic rings. The van der Waals surface area contributed by atoms with Crippen LogP contribution in [0, 0.1) is 0 Å². The number of nitrogen functional groups attached to an aromatic ring is 1. The monoisotopic (exact) mass is 246 g/mol. The van der Waals surface area contributed by atoms with Gasteiger partial charge in [0.15, 0.2) is 0 Å². The van der Waals surface area contributed by atoms with Gasteiger partial charge in [-0.2, -0.15) is 0 Å². The van der Waals surface area contributed by atoms with E-state index in [9.17, 15) is 0 Å². The van der Waals surface area contributed by atoms with Crippen LogP contribution < -0.4 is 10.5 Å². The summed E-state index contributed by atoms with van der Waals surface area (Å²) in [7, 11) is 0. The first-order valence-electron chi connectivity index (χ1n) is 5.38. The Kier molecular flexibility index (Phi) is 2.23. The number of halogens is 1. The smallest absolute Gasteiger partial charge is 0.130 e. The summed E-state index contributed by atoms with van der Waals surface area (Å²) in [6.45, 7) is 1.96. The molecule has 3 nitrogen and oxygen atoms in total. The van der Waals surface area contributed by atoms with E-state index in [1.807, 2.05) is 31.2 Å². The molecule has 3 rings (SSSR count). The van der Waals surface area contributed by atoms with Crippen LogP contribution in [0.2, 0.25) is 5.02 Å². The molecule has 0 aliphatic carbocycles. The predicted molar refractivity (Wildman–Crippen MR) is 68.1 cm³/mol. The largest absolute Gasteiger partial charge is 0.485 e. The quantitative estimate of drug-likeness (QED) is 0.775. The number of nitrogens with two attached hydrogens (primary N) is 1. The molecule has 0 radical (unpaired) electrons. The molecule has 1 aliphatic heterocycles. The number of aromatic nitrogens is 1. The van der Waals surface area contributed by atoms with E-state index in [0.717, 1.165) is 22.4 Å². The molecular weight excluding hydrogens is 236 g/mol. The Hall–Kier alpha value is -1.74. The summed E-state index contributed by atoms with van der Waals surface area (Å²) >= 11 is 5.97. The Bertz CT molecular complexity index is 598. The molecule has 1 aromatic carbocycles. The van der Waals surface area contributed by atoms with E-state index in [1.54, 1.807) is 6.20 Å². The van der Waals surface area contributed by atoms with Crippen LogP contribution in [0.1, 0.15) is 18.6 Å². The number of hydrogen-bond acceptors (Lipinski definition) is 3. The standard InChI is InChI=1S/C13H11ClN2O/c1-7-12-10(4-5-16-13(12)15)9-3-2-8(14)6-11(9)17-7/h2-7H,1H3,(H2,15,16). The highest BCUT2D eigenvalue weighted by molar-refractivity contribution is 6.30. The second-order valence-corrected chi connectivity index (χ2v) is 4.49.